The molecule has 2 rings (SSSR count). The van der Waals surface area contributed by atoms with Gasteiger partial charge in [0.1, 0.15) is 0 Å². The van der Waals surface area contributed by atoms with Crippen LogP contribution in [0.15, 0.2) is 6.07 Å². The molecule has 0 spiro atoms. The zero-order valence-electron chi connectivity index (χ0n) is 11.1. The number of nitrogens with zero attached hydrogens (tertiary/aromatic N) is 2. The maximum atomic E-state index is 12.2. The quantitative estimate of drug-likeness (QED) is 0.770. The Kier molecular flexibility index (Phi) is 3.55. The fourth-order valence-corrected chi connectivity index (χ4v) is 2.53. The van der Waals surface area contributed by atoms with E-state index in [9.17, 15) is 4.79 Å². The van der Waals surface area contributed by atoms with Crippen molar-refractivity contribution in [3.8, 4) is 0 Å². The Morgan fingerprint density at radius 1 is 1.24 bits per heavy atom. The topological polar surface area (TPSA) is 25.2 Å². The zero-order chi connectivity index (χ0) is 12.4. The van der Waals surface area contributed by atoms with Gasteiger partial charge in [0, 0.05) is 31.5 Å². The minimum atomic E-state index is 0.290. The molecule has 1 amide bonds. The molecule has 0 saturated carbocycles. The van der Waals surface area contributed by atoms with Gasteiger partial charge in [-0.3, -0.25) is 4.79 Å². The third-order valence-electron chi connectivity index (χ3n) is 3.93. The smallest absolute Gasteiger partial charge is 0.227 e. The normalized spacial score (nSPS) is 16.3. The molecule has 1 aromatic rings. The molecule has 3 heteroatoms. The van der Waals surface area contributed by atoms with E-state index in [-0.39, 0.29) is 0 Å². The summed E-state index contributed by atoms with van der Waals surface area (Å²) in [6, 6.07) is 2.14. The van der Waals surface area contributed by atoms with Crippen molar-refractivity contribution >= 4 is 5.91 Å². The van der Waals surface area contributed by atoms with Gasteiger partial charge in [0.25, 0.3) is 0 Å². The van der Waals surface area contributed by atoms with Crippen molar-refractivity contribution in [2.24, 2.45) is 7.05 Å². The lowest BCUT2D eigenvalue weighted by molar-refractivity contribution is -0.131. The van der Waals surface area contributed by atoms with E-state index in [2.05, 4.69) is 31.5 Å². The van der Waals surface area contributed by atoms with Crippen LogP contribution < -0.4 is 0 Å². The van der Waals surface area contributed by atoms with Crippen LogP contribution in [0.4, 0.5) is 0 Å². The number of hydrogen-bond donors (Lipinski definition) is 0. The molecule has 1 aliphatic heterocycles. The number of likely N-dealkylation sites (tertiary alicyclic amines) is 1. The minimum Gasteiger partial charge on any atom is -0.352 e. The van der Waals surface area contributed by atoms with Crippen LogP contribution >= 0.6 is 0 Å². The van der Waals surface area contributed by atoms with E-state index < -0.39 is 0 Å². The molecule has 1 fully saturated rings. The second-order valence-corrected chi connectivity index (χ2v) is 5.07. The summed E-state index contributed by atoms with van der Waals surface area (Å²) in [4.78, 5) is 14.2. The molecule has 0 aromatic carbocycles. The van der Waals surface area contributed by atoms with E-state index in [4.69, 9.17) is 0 Å². The van der Waals surface area contributed by atoms with Crippen molar-refractivity contribution in [1.29, 1.82) is 0 Å². The standard InChI is InChI=1S/C14H22N2O/c1-11-9-13(12(2)15(11)3)10-14(17)16-7-5-4-6-8-16/h9H,4-8,10H2,1-3H3. The van der Waals surface area contributed by atoms with E-state index in [1.165, 1.54) is 36.2 Å². The molecule has 94 valence electrons. The summed E-state index contributed by atoms with van der Waals surface area (Å²) < 4.78 is 2.15. The SMILES string of the molecule is Cc1cc(CC(=O)N2CCCCC2)c(C)n1C. The number of aryl methyl sites for hydroxylation is 1. The Morgan fingerprint density at radius 3 is 2.41 bits per heavy atom. The minimum absolute atomic E-state index is 0.290. The molecule has 17 heavy (non-hydrogen) atoms. The van der Waals surface area contributed by atoms with Crippen molar-refractivity contribution in [3.05, 3.63) is 23.0 Å². The Labute approximate surface area is 103 Å². The molecule has 0 unspecified atom stereocenters. The lowest BCUT2D eigenvalue weighted by Crippen LogP contribution is -2.36. The molecule has 0 radical (unpaired) electrons. The van der Waals surface area contributed by atoms with Gasteiger partial charge in [-0.05, 0) is 44.7 Å². The monoisotopic (exact) mass is 234 g/mol. The number of hydrogen-bond acceptors (Lipinski definition) is 1. The molecule has 3 nitrogen and oxygen atoms in total. The van der Waals surface area contributed by atoms with Gasteiger partial charge in [-0.25, -0.2) is 0 Å². The third kappa shape index (κ3) is 2.54. The highest BCUT2D eigenvalue weighted by atomic mass is 16.2. The van der Waals surface area contributed by atoms with Crippen LogP contribution in [-0.2, 0) is 18.3 Å². The van der Waals surface area contributed by atoms with Gasteiger partial charge in [0.05, 0.1) is 6.42 Å². The fourth-order valence-electron chi connectivity index (χ4n) is 2.53. The highest BCUT2D eigenvalue weighted by molar-refractivity contribution is 5.79. The van der Waals surface area contributed by atoms with Crippen molar-refractivity contribution < 1.29 is 4.79 Å². The molecular weight excluding hydrogens is 212 g/mol. The predicted octanol–water partition coefficient (Wildman–Crippen LogP) is 2.20. The Bertz CT molecular complexity index is 414. The van der Waals surface area contributed by atoms with E-state index >= 15 is 0 Å². The largest absolute Gasteiger partial charge is 0.352 e. The van der Waals surface area contributed by atoms with Crippen LogP contribution in [0.2, 0.25) is 0 Å². The Balaban J connectivity index is 2.04. The predicted molar refractivity (Wildman–Crippen MR) is 69.0 cm³/mol. The van der Waals surface area contributed by atoms with Crippen LogP contribution in [0.3, 0.4) is 0 Å². The molecule has 1 saturated heterocycles. The van der Waals surface area contributed by atoms with Crippen molar-refractivity contribution in [2.75, 3.05) is 13.1 Å². The van der Waals surface area contributed by atoms with E-state index in [1.807, 2.05) is 4.90 Å². The molecule has 0 bridgehead atoms. The maximum absolute atomic E-state index is 12.2. The number of rotatable bonds is 2. The van der Waals surface area contributed by atoms with Gasteiger partial charge in [0.15, 0.2) is 0 Å². The second kappa shape index (κ2) is 4.94. The van der Waals surface area contributed by atoms with Crippen molar-refractivity contribution in [2.45, 2.75) is 39.5 Å². The lowest BCUT2D eigenvalue weighted by Gasteiger charge is -2.26. The molecule has 1 aliphatic rings. The maximum Gasteiger partial charge on any atom is 0.227 e. The number of carbonyl (C=O) groups is 1. The van der Waals surface area contributed by atoms with Gasteiger partial charge in [-0.2, -0.15) is 0 Å². The van der Waals surface area contributed by atoms with Gasteiger partial charge in [-0.1, -0.05) is 0 Å². The number of amides is 1. The molecule has 0 aliphatic carbocycles. The van der Waals surface area contributed by atoms with E-state index in [0.717, 1.165) is 13.1 Å². The lowest BCUT2D eigenvalue weighted by atomic mass is 10.1. The fraction of sp³-hybridized carbons (Fsp3) is 0.643. The first kappa shape index (κ1) is 12.2. The molecule has 1 aromatic heterocycles. The summed E-state index contributed by atoms with van der Waals surface area (Å²) in [5.41, 5.74) is 3.62. The van der Waals surface area contributed by atoms with Crippen molar-refractivity contribution in [3.63, 3.8) is 0 Å². The number of aromatic nitrogens is 1. The van der Waals surface area contributed by atoms with Gasteiger partial charge in [-0.15, -0.1) is 0 Å². The number of piperidine rings is 1. The second-order valence-electron chi connectivity index (χ2n) is 5.07. The molecular formula is C14H22N2O. The van der Waals surface area contributed by atoms with Gasteiger partial charge in [0.2, 0.25) is 5.91 Å². The Morgan fingerprint density at radius 2 is 1.88 bits per heavy atom. The summed E-state index contributed by atoms with van der Waals surface area (Å²) in [6.45, 7) is 6.07. The van der Waals surface area contributed by atoms with Crippen LogP contribution in [0.1, 0.15) is 36.2 Å². The summed E-state index contributed by atoms with van der Waals surface area (Å²) >= 11 is 0. The first-order valence-corrected chi connectivity index (χ1v) is 6.49. The van der Waals surface area contributed by atoms with Crippen LogP contribution in [-0.4, -0.2) is 28.5 Å². The molecule has 0 atom stereocenters. The van der Waals surface area contributed by atoms with Crippen LogP contribution in [0.25, 0.3) is 0 Å². The van der Waals surface area contributed by atoms with E-state index in [1.54, 1.807) is 0 Å². The molecule has 0 N–H and O–H groups in total. The summed E-state index contributed by atoms with van der Waals surface area (Å²) in [5.74, 6) is 0.290. The first-order valence-electron chi connectivity index (χ1n) is 6.49. The average Bonchev–Trinajstić information content (AvgIpc) is 2.58. The third-order valence-corrected chi connectivity index (χ3v) is 3.93. The van der Waals surface area contributed by atoms with Gasteiger partial charge >= 0.3 is 0 Å². The summed E-state index contributed by atoms with van der Waals surface area (Å²) in [7, 11) is 2.06. The zero-order valence-corrected chi connectivity index (χ0v) is 11.1. The highest BCUT2D eigenvalue weighted by Gasteiger charge is 2.18. The highest BCUT2D eigenvalue weighted by Crippen LogP contribution is 2.16. The van der Waals surface area contributed by atoms with Crippen molar-refractivity contribution in [1.82, 2.24) is 9.47 Å². The van der Waals surface area contributed by atoms with Crippen LogP contribution in [0.5, 0.6) is 0 Å². The first-order chi connectivity index (χ1) is 8.09. The summed E-state index contributed by atoms with van der Waals surface area (Å²) in [6.07, 6.45) is 4.16. The van der Waals surface area contributed by atoms with Crippen LogP contribution in [0, 0.1) is 13.8 Å². The average molecular weight is 234 g/mol. The number of carbonyl (C=O) groups excluding carboxylic acids is 1. The van der Waals surface area contributed by atoms with Gasteiger partial charge < -0.3 is 9.47 Å². The molecule has 2 heterocycles. The summed E-state index contributed by atoms with van der Waals surface area (Å²) in [5, 5.41) is 0. The van der Waals surface area contributed by atoms with E-state index in [0.29, 0.717) is 12.3 Å². The Hall–Kier alpha value is -1.25.